The first-order valence-corrected chi connectivity index (χ1v) is 7.62. The van der Waals surface area contributed by atoms with Crippen LogP contribution >= 0.6 is 40.7 Å². The van der Waals surface area contributed by atoms with E-state index in [1.807, 2.05) is 6.92 Å². The van der Waals surface area contributed by atoms with Crippen LogP contribution in [0.25, 0.3) is 0 Å². The van der Waals surface area contributed by atoms with Gasteiger partial charge in [0.25, 0.3) is 0 Å². The lowest BCUT2D eigenvalue weighted by Crippen LogP contribution is -2.45. The first kappa shape index (κ1) is 21.7. The van der Waals surface area contributed by atoms with Gasteiger partial charge in [-0.2, -0.15) is 0 Å². The molecule has 0 saturated carbocycles. The number of nitrogens with one attached hydrogen (secondary N) is 1. The predicted octanol–water partition coefficient (Wildman–Crippen LogP) is 3.31. The lowest BCUT2D eigenvalue weighted by Gasteiger charge is -2.34. The second-order valence-corrected chi connectivity index (χ2v) is 5.59. The molecule has 8 heteroatoms. The van der Waals surface area contributed by atoms with Gasteiger partial charge in [-0.1, -0.05) is 0 Å². The molecule has 0 amide bonds. The van der Waals surface area contributed by atoms with E-state index in [1.165, 1.54) is 0 Å². The van der Waals surface area contributed by atoms with E-state index in [0.717, 1.165) is 31.7 Å². The Morgan fingerprint density at radius 3 is 2.55 bits per heavy atom. The summed E-state index contributed by atoms with van der Waals surface area (Å²) in [5.41, 5.74) is 0.822. The predicted molar refractivity (Wildman–Crippen MR) is 94.6 cm³/mol. The highest BCUT2D eigenvalue weighted by Crippen LogP contribution is 2.38. The van der Waals surface area contributed by atoms with Crippen LogP contribution in [-0.2, 0) is 0 Å². The van der Waals surface area contributed by atoms with Crippen molar-refractivity contribution in [2.45, 2.75) is 13.0 Å². The highest BCUT2D eigenvalue weighted by Gasteiger charge is 2.24. The van der Waals surface area contributed by atoms with Gasteiger partial charge in [-0.25, -0.2) is 4.39 Å². The summed E-state index contributed by atoms with van der Waals surface area (Å²) in [4.78, 5) is 2.12. The van der Waals surface area contributed by atoms with Gasteiger partial charge < -0.3 is 15.2 Å². The van der Waals surface area contributed by atoms with Gasteiger partial charge in [0.05, 0.1) is 17.1 Å². The number of aromatic hydroxyl groups is 1. The summed E-state index contributed by atoms with van der Waals surface area (Å²) < 4.78 is 19.4. The molecule has 0 bridgehead atoms. The standard InChI is InChI=1S/C14H20BrFN2O2.2ClH/c1-2-20-13-8-10(7-11(15)14(13)19)12(9-16)18-5-3-17-4-6-18;;/h7-8,12,17,19H,2-6,9H2,1H3;2*1H/t12-;;/m1../s1. The van der Waals surface area contributed by atoms with Crippen molar-refractivity contribution in [3.8, 4) is 11.5 Å². The summed E-state index contributed by atoms with van der Waals surface area (Å²) in [5, 5.41) is 13.2. The van der Waals surface area contributed by atoms with Crippen LogP contribution in [0.5, 0.6) is 11.5 Å². The fraction of sp³-hybridized carbons (Fsp3) is 0.571. The topological polar surface area (TPSA) is 44.7 Å². The Hall–Kier alpha value is -0.270. The Morgan fingerprint density at radius 2 is 2.00 bits per heavy atom. The van der Waals surface area contributed by atoms with Crippen molar-refractivity contribution in [1.29, 1.82) is 0 Å². The Balaban J connectivity index is 0.00000220. The molecule has 0 unspecified atom stereocenters. The Kier molecular flexibility index (Phi) is 10.4. The van der Waals surface area contributed by atoms with Crippen molar-refractivity contribution in [2.75, 3.05) is 39.5 Å². The molecular weight excluding hydrogens is 398 g/mol. The van der Waals surface area contributed by atoms with Gasteiger partial charge in [-0.05, 0) is 40.5 Å². The molecule has 1 heterocycles. The molecule has 128 valence electrons. The quantitative estimate of drug-likeness (QED) is 0.768. The van der Waals surface area contributed by atoms with Crippen LogP contribution in [0.4, 0.5) is 4.39 Å². The number of rotatable bonds is 5. The van der Waals surface area contributed by atoms with Crippen LogP contribution in [0.15, 0.2) is 16.6 Å². The first-order valence-electron chi connectivity index (χ1n) is 6.83. The molecule has 2 rings (SSSR count). The van der Waals surface area contributed by atoms with Crippen LogP contribution in [0.3, 0.4) is 0 Å². The Bertz CT molecular complexity index is 463. The zero-order chi connectivity index (χ0) is 14.5. The molecule has 1 aliphatic rings. The van der Waals surface area contributed by atoms with Crippen molar-refractivity contribution in [2.24, 2.45) is 0 Å². The van der Waals surface area contributed by atoms with E-state index in [1.54, 1.807) is 12.1 Å². The maximum absolute atomic E-state index is 13.5. The average Bonchev–Trinajstić information content (AvgIpc) is 2.46. The minimum atomic E-state index is -0.456. The lowest BCUT2D eigenvalue weighted by molar-refractivity contribution is 0.147. The fourth-order valence-corrected chi connectivity index (χ4v) is 2.90. The summed E-state index contributed by atoms with van der Waals surface area (Å²) in [7, 11) is 0. The van der Waals surface area contributed by atoms with Gasteiger partial charge in [0.2, 0.25) is 0 Å². The van der Waals surface area contributed by atoms with E-state index >= 15 is 0 Å². The van der Waals surface area contributed by atoms with Crippen LogP contribution in [0.1, 0.15) is 18.5 Å². The minimum absolute atomic E-state index is 0. The largest absolute Gasteiger partial charge is 0.503 e. The van der Waals surface area contributed by atoms with Gasteiger partial charge in [-0.15, -0.1) is 24.8 Å². The molecule has 1 fully saturated rings. The molecule has 0 spiro atoms. The average molecular weight is 420 g/mol. The van der Waals surface area contributed by atoms with E-state index in [-0.39, 0.29) is 36.6 Å². The van der Waals surface area contributed by atoms with Crippen LogP contribution in [-0.4, -0.2) is 49.5 Å². The number of hydrogen-bond donors (Lipinski definition) is 2. The number of nitrogens with zero attached hydrogens (tertiary/aromatic N) is 1. The molecule has 0 aliphatic carbocycles. The summed E-state index contributed by atoms with van der Waals surface area (Å²) in [6.45, 7) is 5.22. The third-order valence-electron chi connectivity index (χ3n) is 3.47. The molecule has 1 aliphatic heterocycles. The van der Waals surface area contributed by atoms with E-state index in [0.29, 0.717) is 16.8 Å². The lowest BCUT2D eigenvalue weighted by atomic mass is 10.0. The van der Waals surface area contributed by atoms with Gasteiger partial charge in [-0.3, -0.25) is 4.90 Å². The number of phenolic OH excluding ortho intramolecular Hbond substituents is 1. The number of phenols is 1. The highest BCUT2D eigenvalue weighted by atomic mass is 79.9. The van der Waals surface area contributed by atoms with Gasteiger partial charge in [0.15, 0.2) is 11.5 Å². The van der Waals surface area contributed by atoms with Gasteiger partial charge >= 0.3 is 0 Å². The molecule has 0 aromatic heterocycles. The van der Waals surface area contributed by atoms with Crippen molar-refractivity contribution in [1.82, 2.24) is 10.2 Å². The highest BCUT2D eigenvalue weighted by molar-refractivity contribution is 9.10. The van der Waals surface area contributed by atoms with Crippen molar-refractivity contribution >= 4 is 40.7 Å². The molecular formula is C14H22BrCl2FN2O2. The summed E-state index contributed by atoms with van der Waals surface area (Å²) in [6.07, 6.45) is 0. The van der Waals surface area contributed by atoms with Gasteiger partial charge in [0, 0.05) is 26.2 Å². The van der Waals surface area contributed by atoms with Crippen LogP contribution in [0.2, 0.25) is 0 Å². The zero-order valence-corrected chi connectivity index (χ0v) is 15.6. The fourth-order valence-electron chi connectivity index (χ4n) is 2.44. The number of benzene rings is 1. The maximum atomic E-state index is 13.5. The normalized spacial score (nSPS) is 16.3. The van der Waals surface area contributed by atoms with Gasteiger partial charge in [0.1, 0.15) is 6.67 Å². The molecule has 1 atom stereocenters. The number of halogens is 4. The molecule has 2 N–H and O–H groups in total. The summed E-state index contributed by atoms with van der Waals surface area (Å²) in [5.74, 6) is 0.457. The van der Waals surface area contributed by atoms with E-state index < -0.39 is 6.67 Å². The summed E-state index contributed by atoms with van der Waals surface area (Å²) >= 11 is 3.31. The first-order chi connectivity index (χ1) is 9.67. The van der Waals surface area contributed by atoms with Crippen molar-refractivity contribution in [3.05, 3.63) is 22.2 Å². The summed E-state index contributed by atoms with van der Waals surface area (Å²) in [6, 6.07) is 3.20. The number of ether oxygens (including phenoxy) is 1. The maximum Gasteiger partial charge on any atom is 0.172 e. The molecule has 1 saturated heterocycles. The molecule has 1 aromatic carbocycles. The van der Waals surface area contributed by atoms with Crippen LogP contribution in [0, 0.1) is 0 Å². The molecule has 4 nitrogen and oxygen atoms in total. The molecule has 1 aromatic rings. The van der Waals surface area contributed by atoms with Crippen LogP contribution < -0.4 is 10.1 Å². The van der Waals surface area contributed by atoms with E-state index in [2.05, 4.69) is 26.1 Å². The second kappa shape index (κ2) is 10.5. The number of hydrogen-bond acceptors (Lipinski definition) is 4. The van der Waals surface area contributed by atoms with E-state index in [9.17, 15) is 9.50 Å². The monoisotopic (exact) mass is 418 g/mol. The minimum Gasteiger partial charge on any atom is -0.503 e. The Labute approximate surface area is 151 Å². The van der Waals surface area contributed by atoms with Crippen molar-refractivity contribution in [3.63, 3.8) is 0 Å². The number of alkyl halides is 1. The van der Waals surface area contributed by atoms with Crippen molar-refractivity contribution < 1.29 is 14.2 Å². The number of piperazine rings is 1. The smallest absolute Gasteiger partial charge is 0.172 e. The Morgan fingerprint density at radius 1 is 1.36 bits per heavy atom. The third-order valence-corrected chi connectivity index (χ3v) is 4.08. The third kappa shape index (κ3) is 5.13. The SMILES string of the molecule is CCOc1cc([C@@H](CF)N2CCNCC2)cc(Br)c1O.Cl.Cl. The van der Waals surface area contributed by atoms with E-state index in [4.69, 9.17) is 4.74 Å². The zero-order valence-electron chi connectivity index (χ0n) is 12.3. The second-order valence-electron chi connectivity index (χ2n) is 4.74. The molecule has 22 heavy (non-hydrogen) atoms. The molecule has 0 radical (unpaired) electrons.